The molecule has 0 aliphatic carbocycles. The summed E-state index contributed by atoms with van der Waals surface area (Å²) in [4.78, 5) is 3.30. The lowest BCUT2D eigenvalue weighted by Crippen LogP contribution is -2.30. The van der Waals surface area contributed by atoms with Crippen LogP contribution < -0.4 is 0 Å². The van der Waals surface area contributed by atoms with Crippen molar-refractivity contribution in [3.05, 3.63) is 10.5 Å². The molecule has 1 N–H and O–H groups in total. The van der Waals surface area contributed by atoms with Gasteiger partial charge < -0.3 is 9.72 Å². The van der Waals surface area contributed by atoms with E-state index in [2.05, 4.69) is 35.4 Å². The first-order valence-corrected chi connectivity index (χ1v) is 7.58. The highest BCUT2D eigenvalue weighted by Gasteiger charge is 2.23. The molecule has 2 aromatic heterocycles. The second-order valence-corrected chi connectivity index (χ2v) is 6.11. The van der Waals surface area contributed by atoms with Gasteiger partial charge in [0.2, 0.25) is 0 Å². The number of imidazole rings is 1. The van der Waals surface area contributed by atoms with E-state index < -0.39 is 0 Å². The number of aryl methyl sites for hydroxylation is 2. The van der Waals surface area contributed by atoms with E-state index in [1.807, 2.05) is 18.7 Å². The highest BCUT2D eigenvalue weighted by Crippen LogP contribution is 2.22. The van der Waals surface area contributed by atoms with E-state index in [4.69, 9.17) is 17.0 Å². The number of aromatic amines is 1. The van der Waals surface area contributed by atoms with Gasteiger partial charge >= 0.3 is 0 Å². The van der Waals surface area contributed by atoms with E-state index in [1.165, 1.54) is 0 Å². The van der Waals surface area contributed by atoms with Gasteiger partial charge in [-0.2, -0.15) is 5.10 Å². The summed E-state index contributed by atoms with van der Waals surface area (Å²) in [6.45, 7) is 9.74. The van der Waals surface area contributed by atoms with Gasteiger partial charge in [0, 0.05) is 13.7 Å². The first-order valence-electron chi connectivity index (χ1n) is 7.18. The van der Waals surface area contributed by atoms with Crippen LogP contribution in [0.3, 0.4) is 0 Å². The number of fused-ring (bicyclic) bond motifs is 1. The maximum Gasteiger partial charge on any atom is 0.179 e. The number of ether oxygens (including phenoxy) is 1. The summed E-state index contributed by atoms with van der Waals surface area (Å²) in [7, 11) is 1.97. The number of hydrogen-bond donors (Lipinski definition) is 1. The van der Waals surface area contributed by atoms with Crippen LogP contribution in [0.4, 0.5) is 0 Å². The zero-order valence-electron chi connectivity index (χ0n) is 13.0. The molecule has 2 aromatic rings. The first-order chi connectivity index (χ1) is 9.39. The van der Waals surface area contributed by atoms with Gasteiger partial charge in [-0.05, 0) is 39.4 Å². The second kappa shape index (κ2) is 5.69. The summed E-state index contributed by atoms with van der Waals surface area (Å²) in [6.07, 6.45) is 2.03. The van der Waals surface area contributed by atoms with Gasteiger partial charge in [-0.15, -0.1) is 0 Å². The Hall–Kier alpha value is -1.14. The largest absolute Gasteiger partial charge is 0.374 e. The maximum atomic E-state index is 5.79. The predicted octanol–water partition coefficient (Wildman–Crippen LogP) is 3.20. The molecule has 0 aromatic carbocycles. The van der Waals surface area contributed by atoms with Crippen molar-refractivity contribution in [2.24, 2.45) is 7.05 Å². The van der Waals surface area contributed by atoms with Crippen LogP contribution in [0.2, 0.25) is 0 Å². The average molecular weight is 296 g/mol. The van der Waals surface area contributed by atoms with Crippen LogP contribution in [-0.2, 0) is 24.8 Å². The van der Waals surface area contributed by atoms with Crippen LogP contribution in [0.5, 0.6) is 0 Å². The summed E-state index contributed by atoms with van der Waals surface area (Å²) in [5.74, 6) is 0. The standard InChI is InChI=1S/C14H24N4OS/c1-6-8-10-11-12(17(5)16-10)18(13(20)15-11)9-14(3,4)19-7-2/h6-9H2,1-5H3,(H,15,20). The first kappa shape index (κ1) is 15.3. The van der Waals surface area contributed by atoms with E-state index in [9.17, 15) is 0 Å². The van der Waals surface area contributed by atoms with Crippen molar-refractivity contribution in [1.29, 1.82) is 0 Å². The van der Waals surface area contributed by atoms with Crippen LogP contribution in [0.1, 0.15) is 39.8 Å². The van der Waals surface area contributed by atoms with Crippen molar-refractivity contribution in [1.82, 2.24) is 19.3 Å². The highest BCUT2D eigenvalue weighted by molar-refractivity contribution is 7.71. The van der Waals surface area contributed by atoms with Crippen LogP contribution in [-0.4, -0.2) is 31.5 Å². The highest BCUT2D eigenvalue weighted by atomic mass is 32.1. The topological polar surface area (TPSA) is 47.8 Å². The number of nitrogens with one attached hydrogen (secondary N) is 1. The van der Waals surface area contributed by atoms with E-state index >= 15 is 0 Å². The van der Waals surface area contributed by atoms with Crippen molar-refractivity contribution < 1.29 is 4.74 Å². The van der Waals surface area contributed by atoms with E-state index in [0.29, 0.717) is 13.2 Å². The van der Waals surface area contributed by atoms with Gasteiger partial charge in [0.15, 0.2) is 10.4 Å². The average Bonchev–Trinajstić information content (AvgIpc) is 2.80. The number of hydrogen-bond acceptors (Lipinski definition) is 3. The van der Waals surface area contributed by atoms with Crippen LogP contribution in [0.15, 0.2) is 0 Å². The van der Waals surface area contributed by atoms with Crippen molar-refractivity contribution >= 4 is 23.4 Å². The lowest BCUT2D eigenvalue weighted by atomic mass is 10.1. The summed E-state index contributed by atoms with van der Waals surface area (Å²) in [5, 5.41) is 4.59. The van der Waals surface area contributed by atoms with Gasteiger partial charge in [-0.25, -0.2) is 0 Å². The fourth-order valence-corrected chi connectivity index (χ4v) is 2.91. The molecule has 0 fully saturated rings. The fourth-order valence-electron chi connectivity index (χ4n) is 2.65. The van der Waals surface area contributed by atoms with E-state index in [-0.39, 0.29) is 5.60 Å². The monoisotopic (exact) mass is 296 g/mol. The van der Waals surface area contributed by atoms with Gasteiger partial charge in [0.05, 0.1) is 17.8 Å². The lowest BCUT2D eigenvalue weighted by Gasteiger charge is -2.25. The molecule has 0 bridgehead atoms. The van der Waals surface area contributed by atoms with Crippen LogP contribution in [0.25, 0.3) is 11.2 Å². The van der Waals surface area contributed by atoms with Gasteiger partial charge in [-0.3, -0.25) is 9.25 Å². The second-order valence-electron chi connectivity index (χ2n) is 5.73. The Morgan fingerprint density at radius 1 is 1.35 bits per heavy atom. The molecule has 0 aliphatic heterocycles. The van der Waals surface area contributed by atoms with E-state index in [1.54, 1.807) is 0 Å². The molecule has 6 heteroatoms. The van der Waals surface area contributed by atoms with Crippen molar-refractivity contribution in [2.45, 2.75) is 52.7 Å². The summed E-state index contributed by atoms with van der Waals surface area (Å²) < 4.78 is 10.5. The quantitative estimate of drug-likeness (QED) is 0.833. The van der Waals surface area contributed by atoms with Crippen molar-refractivity contribution in [3.63, 3.8) is 0 Å². The molecule has 5 nitrogen and oxygen atoms in total. The summed E-state index contributed by atoms with van der Waals surface area (Å²) >= 11 is 5.47. The molecule has 0 radical (unpaired) electrons. The Morgan fingerprint density at radius 3 is 2.65 bits per heavy atom. The number of rotatable bonds is 6. The summed E-state index contributed by atoms with van der Waals surface area (Å²) in [5.41, 5.74) is 2.94. The van der Waals surface area contributed by atoms with Crippen molar-refractivity contribution in [3.8, 4) is 0 Å². The predicted molar refractivity (Wildman–Crippen MR) is 83.6 cm³/mol. The molecule has 0 saturated carbocycles. The third-order valence-electron chi connectivity index (χ3n) is 3.38. The number of H-pyrrole nitrogens is 1. The molecular formula is C14H24N4OS. The fraction of sp³-hybridized carbons (Fsp3) is 0.714. The zero-order chi connectivity index (χ0) is 14.9. The SMILES string of the molecule is CCCc1nn(C)c2c1[nH]c(=S)n2CC(C)(C)OCC. The molecule has 0 atom stereocenters. The van der Waals surface area contributed by atoms with E-state index in [0.717, 1.165) is 34.5 Å². The molecule has 112 valence electrons. The molecule has 2 rings (SSSR count). The molecule has 0 aliphatic rings. The van der Waals surface area contributed by atoms with Crippen LogP contribution >= 0.6 is 12.2 Å². The maximum absolute atomic E-state index is 5.79. The Balaban J connectivity index is 2.49. The molecular weight excluding hydrogens is 272 g/mol. The van der Waals surface area contributed by atoms with Gasteiger partial charge in [-0.1, -0.05) is 13.3 Å². The Morgan fingerprint density at radius 2 is 2.05 bits per heavy atom. The molecule has 0 amide bonds. The van der Waals surface area contributed by atoms with Gasteiger partial charge in [0.25, 0.3) is 0 Å². The number of aromatic nitrogens is 4. The Bertz CT molecular complexity index is 650. The Labute approximate surface area is 124 Å². The number of nitrogens with zero attached hydrogens (tertiary/aromatic N) is 3. The minimum absolute atomic E-state index is 0.253. The smallest absolute Gasteiger partial charge is 0.179 e. The third-order valence-corrected chi connectivity index (χ3v) is 3.71. The Kier molecular flexibility index (Phi) is 4.34. The minimum atomic E-state index is -0.253. The van der Waals surface area contributed by atoms with Crippen LogP contribution in [0, 0.1) is 4.77 Å². The molecule has 0 unspecified atom stereocenters. The minimum Gasteiger partial charge on any atom is -0.374 e. The lowest BCUT2D eigenvalue weighted by molar-refractivity contribution is -0.0220. The zero-order valence-corrected chi connectivity index (χ0v) is 13.8. The molecule has 20 heavy (non-hydrogen) atoms. The molecule has 0 spiro atoms. The van der Waals surface area contributed by atoms with Crippen molar-refractivity contribution in [2.75, 3.05) is 6.61 Å². The van der Waals surface area contributed by atoms with Gasteiger partial charge in [0.1, 0.15) is 5.52 Å². The summed E-state index contributed by atoms with van der Waals surface area (Å²) in [6, 6.07) is 0. The normalized spacial score (nSPS) is 12.4. The molecule has 2 heterocycles. The molecule has 0 saturated heterocycles. The third kappa shape index (κ3) is 2.81.